The van der Waals surface area contributed by atoms with Crippen LogP contribution in [0.25, 0.3) is 0 Å². The quantitative estimate of drug-likeness (QED) is 0.00732. The molecule has 0 bridgehead atoms. The number of fused-ring (bicyclic) bond motifs is 2. The summed E-state index contributed by atoms with van der Waals surface area (Å²) in [5.41, 5.74) is 52.8. The van der Waals surface area contributed by atoms with E-state index in [0.29, 0.717) is 54.0 Å². The number of hydrogen-bond acceptors (Lipinski definition) is 28. The number of allylic oxidation sites excluding steroid dienone is 6. The van der Waals surface area contributed by atoms with E-state index in [2.05, 4.69) is 101 Å². The van der Waals surface area contributed by atoms with Crippen LogP contribution in [0, 0.1) is 43.3 Å². The number of guanidine groups is 8. The number of carbonyl (C=O) groups is 13. The van der Waals surface area contributed by atoms with Gasteiger partial charge in [0.1, 0.15) is 54.4 Å². The Bertz CT molecular complexity index is 5570. The maximum atomic E-state index is 15.1. The van der Waals surface area contributed by atoms with Gasteiger partial charge in [-0.05, 0) is 175 Å². The van der Waals surface area contributed by atoms with Gasteiger partial charge < -0.3 is 152 Å². The van der Waals surface area contributed by atoms with Gasteiger partial charge in [0, 0.05) is 120 Å². The van der Waals surface area contributed by atoms with Crippen LogP contribution in [0.2, 0.25) is 0 Å². The van der Waals surface area contributed by atoms with Gasteiger partial charge in [-0.3, -0.25) is 125 Å². The van der Waals surface area contributed by atoms with Crippen LogP contribution in [0.5, 0.6) is 0 Å². The summed E-state index contributed by atoms with van der Waals surface area (Å²) < 4.78 is 68.3. The molecule has 1 saturated heterocycles. The summed E-state index contributed by atoms with van der Waals surface area (Å²) in [5.74, 6) is -15.4. The molecular weight excluding hydrogens is 2010 g/mol. The Morgan fingerprint density at radius 2 is 0.733 bits per heavy atom. The molecule has 1 unspecified atom stereocenters. The molecule has 46 N–H and O–H groups in total. The van der Waals surface area contributed by atoms with E-state index < -0.39 is 209 Å². The van der Waals surface area contributed by atoms with Crippen molar-refractivity contribution >= 4 is 174 Å². The van der Waals surface area contributed by atoms with Crippen LogP contribution >= 0.6 is 11.8 Å². The second kappa shape index (κ2) is 61.5. The number of imide groups is 1. The number of rotatable bonds is 67. The number of nitrogens with zero attached hydrogens (tertiary/aromatic N) is 3. The fourth-order valence-electron chi connectivity index (χ4n) is 16.2. The second-order valence-corrected chi connectivity index (χ2v) is 40.7. The molecule has 2 aromatic carbocycles. The zero-order chi connectivity index (χ0) is 112. The minimum absolute atomic E-state index is 0.00516. The van der Waals surface area contributed by atoms with E-state index in [-0.39, 0.29) is 203 Å². The van der Waals surface area contributed by atoms with Crippen molar-refractivity contribution in [2.24, 2.45) is 56.6 Å². The largest absolute Gasteiger partial charge is 0.370 e. The van der Waals surface area contributed by atoms with Gasteiger partial charge in [-0.15, -0.1) is 11.8 Å². The third-order valence-electron chi connectivity index (χ3n) is 24.0. The minimum Gasteiger partial charge on any atom is -0.370 e. The molecule has 10 atom stereocenters. The number of nitrogens with one attached hydrogen (secondary N) is 26. The summed E-state index contributed by atoms with van der Waals surface area (Å²) in [6.07, 6.45) is 8.51. The van der Waals surface area contributed by atoms with Crippen molar-refractivity contribution in [2.75, 3.05) is 82.6 Å². The zero-order valence-corrected chi connectivity index (χ0v) is 87.0. The van der Waals surface area contributed by atoms with Crippen LogP contribution in [-0.4, -0.2) is 298 Å². The van der Waals surface area contributed by atoms with E-state index >= 15 is 14.4 Å². The van der Waals surface area contributed by atoms with Crippen molar-refractivity contribution in [3.63, 3.8) is 0 Å². The topological polar surface area (TPSA) is 991 Å². The maximum Gasteiger partial charge on any atom is 0.294 e. The van der Waals surface area contributed by atoms with Gasteiger partial charge in [0.05, 0.1) is 26.4 Å². The third kappa shape index (κ3) is 43.7. The van der Waals surface area contributed by atoms with E-state index in [0.717, 1.165) is 29.3 Å². The lowest BCUT2D eigenvalue weighted by Crippen LogP contribution is -2.60. The second-order valence-electron chi connectivity index (χ2n) is 36.6. The molecule has 830 valence electrons. The Morgan fingerprint density at radius 1 is 0.407 bits per heavy atom. The van der Waals surface area contributed by atoms with Gasteiger partial charge in [0.2, 0.25) is 76.8 Å². The molecule has 60 heteroatoms. The number of thioether (sulfide) groups is 1. The summed E-state index contributed by atoms with van der Waals surface area (Å²) in [7, 11) is -9.04. The highest BCUT2D eigenvalue weighted by Gasteiger charge is 2.44. The summed E-state index contributed by atoms with van der Waals surface area (Å²) in [6, 6.07) is -5.51. The van der Waals surface area contributed by atoms with Crippen LogP contribution < -0.4 is 152 Å². The average molecular weight is 2160 g/mol. The molecule has 0 aliphatic carbocycles. The molecule has 3 aliphatic heterocycles. The van der Waals surface area contributed by atoms with Crippen LogP contribution in [0.15, 0.2) is 87.3 Å². The first-order valence-electron chi connectivity index (χ1n) is 48.5. The summed E-state index contributed by atoms with van der Waals surface area (Å²) in [4.78, 5) is 192. The Balaban J connectivity index is 1.33. The normalized spacial score (nSPS) is 15.9. The Labute approximate surface area is 873 Å². The number of carbonyl (C=O) groups excluding carboxylic acids is 13. The first kappa shape index (κ1) is 125. The van der Waals surface area contributed by atoms with E-state index in [9.17, 15) is 73.9 Å². The first-order chi connectivity index (χ1) is 70.5. The summed E-state index contributed by atoms with van der Waals surface area (Å²) in [5, 5.41) is 108. The summed E-state index contributed by atoms with van der Waals surface area (Å²) >= 11 is 0.810. The molecule has 3 heterocycles. The van der Waals surface area contributed by atoms with Crippen molar-refractivity contribution in [2.45, 2.75) is 250 Å². The number of primary amides is 1. The monoisotopic (exact) mass is 2160 g/mol. The van der Waals surface area contributed by atoms with Gasteiger partial charge in [-0.2, -0.15) is 16.8 Å². The minimum atomic E-state index is -4.58. The standard InChI is InChI=1S/C90H148N38O19S3/c1-50(129)117-56(20-12-35-109-81(92)93)72(133)119-57(21-13-36-110-82(94)95)73(134)120-58(22-14-37-111-83(96)97)74(135)121-59(23-15-38-112-84(98)99)75(136)122-60(24-16-39-113-85(100)101)76(137)123-61(25-17-40-114-86(102)103)77(138)124-62(26-18-41-115-87(104)105)78(139)125-63(27-19-42-116-88(106)107)79(140)126-64(71(91)132)49-148-66-48-70(131)128(80(66)141)45-43-108-69(130)30-10-7-11-44-127-65-34-32-52(150(145,146)147)47-54(65)90(4,5)68(127)29-9-6-8-28-67-89(2,3)53-46-51(149(142,143)144)31-33-55(53)118-67/h6,8-9,28-29,31-34,46-47,56-64,66H,7,10-27,30,35-45,48-49H2,1-5H3,(H2,91,132)(H,108,130)(H,117,129)(H,119,133)(H,120,134)(H,121,135)(H,122,136)(H,123,137)(H,124,138)(H,125,139)(H,126,140)(H4,92,93,109)(H4,94,95,110)(H4,96,97,111)(H4,98,99,112)(H4,100,101,113)(H4,102,103,114)(H4,104,105,115)(H4,106,107,116)(H,142,143,144)(H,145,146,147)/b9-6+,28-8+,68-29+/t56-,57-,58-,59-,60-,61-,62-,63-,64-,66?/m1/s1. The van der Waals surface area contributed by atoms with Gasteiger partial charge in [0.25, 0.3) is 20.2 Å². The van der Waals surface area contributed by atoms with Crippen LogP contribution in [0.3, 0.4) is 0 Å². The lowest BCUT2D eigenvalue weighted by atomic mass is 9.81. The van der Waals surface area contributed by atoms with Crippen molar-refractivity contribution < 1.29 is 88.3 Å². The van der Waals surface area contributed by atoms with E-state index in [1.54, 1.807) is 30.4 Å². The van der Waals surface area contributed by atoms with Crippen molar-refractivity contribution in [1.29, 1.82) is 43.3 Å². The number of benzene rings is 2. The Morgan fingerprint density at radius 3 is 1.06 bits per heavy atom. The predicted molar refractivity (Wildman–Crippen MR) is 564 cm³/mol. The average Bonchev–Trinajstić information content (AvgIpc) is 1.58. The van der Waals surface area contributed by atoms with E-state index in [1.807, 2.05) is 38.7 Å². The smallest absolute Gasteiger partial charge is 0.294 e. The fourth-order valence-corrected chi connectivity index (χ4v) is 18.4. The molecule has 13 amide bonds. The highest BCUT2D eigenvalue weighted by atomic mass is 32.2. The highest BCUT2D eigenvalue weighted by Crippen LogP contribution is 2.49. The molecule has 1 fully saturated rings. The molecule has 150 heavy (non-hydrogen) atoms. The number of unbranched alkanes of at least 4 members (excludes halogenated alkanes) is 2. The number of hydrogen-bond donors (Lipinski definition) is 37. The van der Waals surface area contributed by atoms with Crippen LogP contribution in [0.1, 0.15) is 181 Å². The number of likely N-dealkylation sites (tertiary alicyclic amines) is 1. The molecule has 0 spiro atoms. The lowest BCUT2D eigenvalue weighted by Gasteiger charge is -2.29. The molecule has 0 radical (unpaired) electrons. The van der Waals surface area contributed by atoms with Gasteiger partial charge in [-0.1, -0.05) is 52.3 Å². The van der Waals surface area contributed by atoms with Gasteiger partial charge in [0.15, 0.2) is 47.7 Å². The first-order valence-corrected chi connectivity index (χ1v) is 52.5. The molecule has 57 nitrogen and oxygen atoms in total. The third-order valence-corrected chi connectivity index (χ3v) is 27.0. The van der Waals surface area contributed by atoms with Crippen LogP contribution in [0.4, 0.5) is 11.4 Å². The van der Waals surface area contributed by atoms with Gasteiger partial charge in [-0.25, -0.2) is 0 Å². The number of nitrogens with two attached hydrogens (primary N) is 9. The zero-order valence-electron chi connectivity index (χ0n) is 84.6. The number of amides is 13. The predicted octanol–water partition coefficient (Wildman–Crippen LogP) is -6.15. The van der Waals surface area contributed by atoms with Crippen molar-refractivity contribution in [3.8, 4) is 0 Å². The molecule has 5 rings (SSSR count). The van der Waals surface area contributed by atoms with E-state index in [4.69, 9.17) is 94.9 Å². The molecule has 0 aromatic heterocycles. The molecular formula is C90H148N38O19S3. The molecule has 0 saturated carbocycles. The van der Waals surface area contributed by atoms with Crippen molar-refractivity contribution in [3.05, 3.63) is 83.6 Å². The van der Waals surface area contributed by atoms with Crippen molar-refractivity contribution in [1.82, 2.24) is 101 Å². The molecule has 3 aliphatic rings. The summed E-state index contributed by atoms with van der Waals surface area (Å²) in [6.45, 7) is 8.55. The SMILES string of the molecule is CC(=O)N[C@H](CCCNC(=N)N)C(=O)N[C@H](CCCNC(=N)N)C(=O)N[C@H](CCCNC(=N)N)C(=O)N[C@H](CCCNC(=N)N)C(=O)N[C@H](CCCNC(=N)N)C(=O)N[C@H](CCCNC(=N)N)C(=O)N[C@H](CCCNC(=N)N)C(=O)N[C@H](CCCNC(=N)N)C(=O)N[C@H](CSC1CC(=O)N(CCNC(=O)CCCCCN2/C(=C/C=C/C=C/C3=Nc4ccc(S(=O)(=O)O)cc4C3(C)C)C(C)(C)c3cc(S(=O)(=O)O)ccc32)C1=O)C(N)=O. The van der Waals surface area contributed by atoms with Gasteiger partial charge >= 0.3 is 0 Å². The number of anilines is 1. The van der Waals surface area contributed by atoms with Crippen LogP contribution in [-0.2, 0) is 93.4 Å². The van der Waals surface area contributed by atoms with E-state index in [1.165, 1.54) is 30.3 Å². The number of aliphatic imine (C=N–C) groups is 1. The highest BCUT2D eigenvalue weighted by molar-refractivity contribution is 8.00. The maximum absolute atomic E-state index is 15.1. The molecule has 2 aromatic rings. The Hall–Kier alpha value is -15.2. The fraction of sp³-hybridized carbons (Fsp3) is 0.556. The Kier molecular flexibility index (Phi) is 51.4. The lowest BCUT2D eigenvalue weighted by molar-refractivity contribution is -0.138.